The fourth-order valence-electron chi connectivity index (χ4n) is 3.59. The van der Waals surface area contributed by atoms with Crippen LogP contribution in [0.5, 0.6) is 11.5 Å². The van der Waals surface area contributed by atoms with Crippen LogP contribution in [0.2, 0.25) is 0 Å². The predicted octanol–water partition coefficient (Wildman–Crippen LogP) is 2.35. The number of halogens is 1. The molecule has 3 N–H and O–H groups in total. The summed E-state index contributed by atoms with van der Waals surface area (Å²) in [6.07, 6.45) is -1.32. The Balaban J connectivity index is 0.000000325. The first-order chi connectivity index (χ1) is 17.4. The van der Waals surface area contributed by atoms with E-state index in [1.54, 1.807) is 17.0 Å². The molecular weight excluding hydrogens is 477 g/mol. The molecule has 3 aliphatic heterocycles. The first-order valence-electron chi connectivity index (χ1n) is 11.3. The number of rotatable bonds is 6. The van der Waals surface area contributed by atoms with Crippen molar-refractivity contribution >= 4 is 18.3 Å². The van der Waals surface area contributed by atoms with Crippen LogP contribution in [0.1, 0.15) is 11.5 Å². The van der Waals surface area contributed by atoms with Gasteiger partial charge in [0.05, 0.1) is 12.6 Å². The first-order valence-corrected chi connectivity index (χ1v) is 11.3. The Hall–Kier alpha value is -4.06. The zero-order valence-corrected chi connectivity index (χ0v) is 19.2. The minimum atomic E-state index is -0.489. The third-order valence-corrected chi connectivity index (χ3v) is 5.64. The van der Waals surface area contributed by atoms with Crippen molar-refractivity contribution in [1.29, 1.82) is 0 Å². The number of hydrogen-bond acceptors (Lipinski definition) is 8. The van der Waals surface area contributed by atoms with Crippen molar-refractivity contribution in [2.75, 3.05) is 39.5 Å². The van der Waals surface area contributed by atoms with Crippen LogP contribution in [-0.4, -0.2) is 79.9 Å². The van der Waals surface area contributed by atoms with Crippen LogP contribution in [0.3, 0.4) is 0 Å². The van der Waals surface area contributed by atoms with E-state index in [1.807, 2.05) is 24.3 Å². The average Bonchev–Trinajstić information content (AvgIpc) is 3.47. The second-order valence-electron chi connectivity index (χ2n) is 8.37. The van der Waals surface area contributed by atoms with E-state index in [0.29, 0.717) is 24.6 Å². The van der Waals surface area contributed by atoms with Gasteiger partial charge >= 0.3 is 18.3 Å². The summed E-state index contributed by atoms with van der Waals surface area (Å²) in [6, 6.07) is 13.0. The van der Waals surface area contributed by atoms with Crippen molar-refractivity contribution in [2.24, 2.45) is 0 Å². The van der Waals surface area contributed by atoms with Gasteiger partial charge in [-0.05, 0) is 42.0 Å². The summed E-state index contributed by atoms with van der Waals surface area (Å²) in [4.78, 5) is 34.7. The lowest BCUT2D eigenvalue weighted by atomic mass is 9.92. The second kappa shape index (κ2) is 11.6. The molecule has 3 fully saturated rings. The van der Waals surface area contributed by atoms with Gasteiger partial charge in [-0.1, -0.05) is 12.1 Å². The monoisotopic (exact) mass is 503 g/mol. The number of carbonyl (C=O) groups excluding carboxylic acids is 3. The van der Waals surface area contributed by atoms with Gasteiger partial charge in [-0.2, -0.15) is 0 Å². The maximum Gasteiger partial charge on any atom is 0.409 e. The molecule has 36 heavy (non-hydrogen) atoms. The highest BCUT2D eigenvalue weighted by Crippen LogP contribution is 2.30. The summed E-state index contributed by atoms with van der Waals surface area (Å²) in [5.74, 6) is 1.15. The molecule has 5 rings (SSSR count). The van der Waals surface area contributed by atoms with Gasteiger partial charge in [0.2, 0.25) is 0 Å². The highest BCUT2D eigenvalue weighted by molar-refractivity contribution is 5.71. The van der Waals surface area contributed by atoms with Gasteiger partial charge in [-0.25, -0.2) is 18.8 Å². The Bertz CT molecular complexity index is 1060. The molecule has 0 bridgehead atoms. The van der Waals surface area contributed by atoms with E-state index < -0.39 is 18.3 Å². The Morgan fingerprint density at radius 1 is 0.944 bits per heavy atom. The maximum atomic E-state index is 12.9. The van der Waals surface area contributed by atoms with E-state index >= 15 is 0 Å². The Morgan fingerprint density at radius 3 is 2.00 bits per heavy atom. The molecule has 3 amide bonds. The number of ether oxygens (including phenoxy) is 4. The topological polar surface area (TPSA) is 136 Å². The fraction of sp³-hybridized carbons (Fsp3) is 0.375. The van der Waals surface area contributed by atoms with Gasteiger partial charge in [0, 0.05) is 19.0 Å². The molecule has 0 aromatic heterocycles. The second-order valence-corrected chi connectivity index (χ2v) is 8.37. The van der Waals surface area contributed by atoms with Gasteiger partial charge in [0.15, 0.2) is 0 Å². The van der Waals surface area contributed by atoms with Gasteiger partial charge in [-0.3, -0.25) is 0 Å². The van der Waals surface area contributed by atoms with Crippen molar-refractivity contribution < 1.29 is 42.8 Å². The number of likely N-dealkylation sites (tertiary alicyclic amines) is 1. The maximum absolute atomic E-state index is 12.9. The molecular formula is C24H26FN3O8. The van der Waals surface area contributed by atoms with Crippen molar-refractivity contribution in [3.05, 3.63) is 59.9 Å². The van der Waals surface area contributed by atoms with E-state index in [4.69, 9.17) is 19.3 Å². The molecule has 2 aromatic carbocycles. The quantitative estimate of drug-likeness (QED) is 0.512. The third-order valence-electron chi connectivity index (χ3n) is 5.64. The number of nitrogens with zero attached hydrogens (tertiary/aromatic N) is 1. The number of hydrogen-bond donors (Lipinski definition) is 3. The molecule has 0 aliphatic carbocycles. The third kappa shape index (κ3) is 6.75. The van der Waals surface area contributed by atoms with Gasteiger partial charge in [-0.15, -0.1) is 0 Å². The number of cyclic esters (lactones) is 2. The number of benzene rings is 2. The molecule has 0 saturated carbocycles. The molecule has 12 heteroatoms. The van der Waals surface area contributed by atoms with Crippen molar-refractivity contribution in [3.8, 4) is 11.5 Å². The number of nitrogens with one attached hydrogen (secondary N) is 2. The van der Waals surface area contributed by atoms with Gasteiger partial charge in [0.25, 0.3) is 0 Å². The number of carbonyl (C=O) groups is 3. The first kappa shape index (κ1) is 25.0. The molecule has 0 radical (unpaired) electrons. The van der Waals surface area contributed by atoms with Crippen LogP contribution in [0.25, 0.3) is 0 Å². The number of amides is 3. The smallest absolute Gasteiger partial charge is 0.409 e. The van der Waals surface area contributed by atoms with E-state index in [-0.39, 0.29) is 50.2 Å². The minimum absolute atomic E-state index is 0.0499. The fourth-order valence-corrected chi connectivity index (χ4v) is 3.59. The normalized spacial score (nSPS) is 20.7. The molecule has 11 nitrogen and oxygen atoms in total. The van der Waals surface area contributed by atoms with Crippen LogP contribution < -0.4 is 15.4 Å². The van der Waals surface area contributed by atoms with Crippen molar-refractivity contribution in [2.45, 2.75) is 18.0 Å². The number of alkyl carbamates (subject to hydrolysis) is 2. The van der Waals surface area contributed by atoms with Gasteiger partial charge in [0.1, 0.15) is 43.2 Å². The predicted molar refractivity (Wildman–Crippen MR) is 122 cm³/mol. The largest absolute Gasteiger partial charge is 0.457 e. The van der Waals surface area contributed by atoms with E-state index in [0.717, 1.165) is 5.56 Å². The molecule has 0 spiro atoms. The van der Waals surface area contributed by atoms with Crippen LogP contribution in [-0.2, 0) is 14.2 Å². The summed E-state index contributed by atoms with van der Waals surface area (Å²) in [7, 11) is 0. The van der Waals surface area contributed by atoms with Crippen molar-refractivity contribution in [1.82, 2.24) is 15.5 Å². The molecule has 3 saturated heterocycles. The highest BCUT2D eigenvalue weighted by Gasteiger charge is 2.33. The lowest BCUT2D eigenvalue weighted by Gasteiger charge is -2.38. The Kier molecular flexibility index (Phi) is 8.06. The lowest BCUT2D eigenvalue weighted by Crippen LogP contribution is -2.49. The van der Waals surface area contributed by atoms with Gasteiger partial charge < -0.3 is 39.6 Å². The average molecular weight is 503 g/mol. The van der Waals surface area contributed by atoms with Crippen LogP contribution in [0, 0.1) is 5.82 Å². The minimum Gasteiger partial charge on any atom is -0.457 e. The summed E-state index contributed by atoms with van der Waals surface area (Å²) in [5.41, 5.74) is 1.10. The zero-order valence-electron chi connectivity index (χ0n) is 19.2. The van der Waals surface area contributed by atoms with Crippen LogP contribution >= 0.6 is 0 Å². The summed E-state index contributed by atoms with van der Waals surface area (Å²) in [6.45, 7) is 1.69. The van der Waals surface area contributed by atoms with Crippen LogP contribution in [0.4, 0.5) is 18.8 Å². The van der Waals surface area contributed by atoms with E-state index in [1.165, 1.54) is 12.1 Å². The summed E-state index contributed by atoms with van der Waals surface area (Å²) < 4.78 is 33.0. The summed E-state index contributed by atoms with van der Waals surface area (Å²) >= 11 is 0. The molecule has 2 atom stereocenters. The summed E-state index contributed by atoms with van der Waals surface area (Å²) in [5, 5.41) is 13.3. The van der Waals surface area contributed by atoms with Crippen molar-refractivity contribution in [3.63, 3.8) is 0 Å². The number of aliphatic hydroxyl groups is 1. The Labute approximate surface area is 206 Å². The zero-order chi connectivity index (χ0) is 25.5. The van der Waals surface area contributed by atoms with E-state index in [2.05, 4.69) is 15.4 Å². The lowest BCUT2D eigenvalue weighted by molar-refractivity contribution is 0.0650. The molecule has 0 unspecified atom stereocenters. The van der Waals surface area contributed by atoms with Crippen LogP contribution in [0.15, 0.2) is 48.5 Å². The SMILES string of the molecule is O=C1N[C@H](CO)CO1.O=C1N[C@H](COC(=O)N2CC(c3ccc(Oc4ccc(F)cc4)cc3)C2)CO1. The number of aliphatic hydroxyl groups excluding tert-OH is 1. The Morgan fingerprint density at radius 2 is 1.50 bits per heavy atom. The van der Waals surface area contributed by atoms with E-state index in [9.17, 15) is 18.8 Å². The highest BCUT2D eigenvalue weighted by atomic mass is 19.1. The molecule has 3 heterocycles. The standard InChI is InChI=1S/C20H19FN2O5.C4H7NO3/c21-15-3-7-18(8-4-15)28-17-5-1-13(2-6-17)14-9-23(10-14)20(25)27-12-16-11-26-19(24)22-16;6-1-3-2-8-4(7)5-3/h1-8,14,16H,9-12H2,(H,22,24);3,6H,1-2H2,(H,5,7)/t16-;3-/m01/s1. The molecule has 2 aromatic rings. The molecule has 192 valence electrons. The molecule has 3 aliphatic rings.